The van der Waals surface area contributed by atoms with Gasteiger partial charge in [0.25, 0.3) is 5.91 Å². The van der Waals surface area contributed by atoms with Crippen LogP contribution in [0.25, 0.3) is 5.69 Å². The summed E-state index contributed by atoms with van der Waals surface area (Å²) in [5.41, 5.74) is 0.541. The normalized spacial score (nSPS) is 10.4. The molecule has 0 bridgehead atoms. The van der Waals surface area contributed by atoms with Gasteiger partial charge in [-0.15, -0.1) is 0 Å². The lowest BCUT2D eigenvalue weighted by molar-refractivity contribution is -0.678. The van der Waals surface area contributed by atoms with Crippen molar-refractivity contribution >= 4 is 5.91 Å². The third kappa shape index (κ3) is 3.95. The van der Waals surface area contributed by atoms with Crippen LogP contribution in [0.4, 0.5) is 0 Å². The van der Waals surface area contributed by atoms with Crippen LogP contribution in [0.2, 0.25) is 0 Å². The van der Waals surface area contributed by atoms with Crippen molar-refractivity contribution in [2.24, 2.45) is 0 Å². The van der Waals surface area contributed by atoms with Crippen molar-refractivity contribution in [2.75, 3.05) is 13.7 Å². The van der Waals surface area contributed by atoms with Crippen molar-refractivity contribution in [3.63, 3.8) is 0 Å². The van der Waals surface area contributed by atoms with Gasteiger partial charge in [0.2, 0.25) is 5.69 Å². The Bertz CT molecular complexity index is 887. The number of nitrogens with one attached hydrogen (secondary N) is 1. The third-order valence-corrected chi connectivity index (χ3v) is 3.67. The Balaban J connectivity index is 1.69. The van der Waals surface area contributed by atoms with Gasteiger partial charge in [0.05, 0.1) is 0 Å². The van der Waals surface area contributed by atoms with E-state index in [0.717, 1.165) is 5.69 Å². The Morgan fingerprint density at radius 2 is 1.76 bits per heavy atom. The number of carbonyl (C=O) groups is 1. The molecular weight excluding hydrogens is 322 g/mol. The molecule has 0 unspecified atom stereocenters. The van der Waals surface area contributed by atoms with Crippen LogP contribution in [0.3, 0.4) is 0 Å². The molecule has 1 aromatic heterocycles. The van der Waals surface area contributed by atoms with Gasteiger partial charge in [0.1, 0.15) is 12.3 Å². The van der Waals surface area contributed by atoms with Crippen LogP contribution < -0.4 is 15.0 Å². The van der Waals surface area contributed by atoms with E-state index in [0.29, 0.717) is 11.4 Å². The number of hydrogen-bond acceptors (Lipinski definition) is 4. The Kier molecular flexibility index (Phi) is 4.94. The quantitative estimate of drug-likeness (QED) is 0.686. The first kappa shape index (κ1) is 16.5. The fourth-order valence-electron chi connectivity index (χ4n) is 2.30. The predicted octanol–water partition coefficient (Wildman–Crippen LogP) is 1.28. The number of benzene rings is 2. The molecule has 3 aromatic rings. The van der Waals surface area contributed by atoms with E-state index in [1.54, 1.807) is 19.2 Å². The van der Waals surface area contributed by atoms with Crippen LogP contribution in [0.15, 0.2) is 70.0 Å². The lowest BCUT2D eigenvalue weighted by atomic mass is 10.3. The molecule has 0 saturated carbocycles. The average Bonchev–Trinajstić information content (AvgIpc) is 3.02. The summed E-state index contributed by atoms with van der Waals surface area (Å²) in [5.74, 6) is 0.369. The highest BCUT2D eigenvalue weighted by Gasteiger charge is 2.26. The number of amides is 1. The Labute approximate surface area is 144 Å². The number of para-hydroxylation sites is 2. The molecule has 128 valence electrons. The maximum absolute atomic E-state index is 12.3. The summed E-state index contributed by atoms with van der Waals surface area (Å²) in [4.78, 5) is 25.6. The van der Waals surface area contributed by atoms with E-state index in [-0.39, 0.29) is 19.1 Å². The van der Waals surface area contributed by atoms with Crippen LogP contribution in [-0.4, -0.2) is 29.7 Å². The molecule has 0 spiro atoms. The van der Waals surface area contributed by atoms with Crippen LogP contribution in [0, 0.1) is 0 Å². The zero-order valence-electron chi connectivity index (χ0n) is 13.7. The summed E-state index contributed by atoms with van der Waals surface area (Å²) < 4.78 is 11.8. The van der Waals surface area contributed by atoms with Gasteiger partial charge >= 0.3 is 11.3 Å². The standard InChI is InChI=1S/C18H17N3O4/c1-20(17(22)13-24-15-10-6-3-7-11-15)12-16-18(23)25-19-21(16)14-8-4-2-5-9-14/h2-11H,12-13H2,1H3/p+1. The number of rotatable bonds is 6. The lowest BCUT2D eigenvalue weighted by Crippen LogP contribution is -2.43. The minimum Gasteiger partial charge on any atom is -0.484 e. The van der Waals surface area contributed by atoms with Crippen LogP contribution in [-0.2, 0) is 11.3 Å². The highest BCUT2D eigenvalue weighted by atomic mass is 16.5. The van der Waals surface area contributed by atoms with Crippen molar-refractivity contribution in [3.05, 3.63) is 76.8 Å². The number of nitrogens with zero attached hydrogens (tertiary/aromatic N) is 2. The molecule has 1 heterocycles. The number of H-pyrrole nitrogens is 1. The largest absolute Gasteiger partial charge is 0.484 e. The molecule has 7 heteroatoms. The number of aromatic amines is 1. The molecule has 0 atom stereocenters. The Morgan fingerprint density at radius 1 is 1.12 bits per heavy atom. The number of aromatic nitrogens is 2. The lowest BCUT2D eigenvalue weighted by Gasteiger charge is -2.14. The van der Waals surface area contributed by atoms with Gasteiger partial charge in [0, 0.05) is 19.2 Å². The number of hydrogen-bond donors (Lipinski definition) is 1. The fraction of sp³-hybridized carbons (Fsp3) is 0.167. The molecule has 0 aliphatic carbocycles. The van der Waals surface area contributed by atoms with Gasteiger partial charge in [-0.3, -0.25) is 9.32 Å². The van der Waals surface area contributed by atoms with E-state index in [9.17, 15) is 9.59 Å². The number of likely N-dealkylation sites (N-methyl/N-ethyl adjacent to an activating group) is 1. The van der Waals surface area contributed by atoms with Crippen molar-refractivity contribution in [1.29, 1.82) is 0 Å². The fourth-order valence-corrected chi connectivity index (χ4v) is 2.30. The van der Waals surface area contributed by atoms with E-state index < -0.39 is 5.63 Å². The van der Waals surface area contributed by atoms with E-state index in [1.807, 2.05) is 48.5 Å². The zero-order chi connectivity index (χ0) is 17.6. The van der Waals surface area contributed by atoms with E-state index in [2.05, 4.69) is 5.27 Å². The second-order valence-electron chi connectivity index (χ2n) is 5.45. The van der Waals surface area contributed by atoms with E-state index in [1.165, 1.54) is 9.58 Å². The van der Waals surface area contributed by atoms with Gasteiger partial charge in [0.15, 0.2) is 6.61 Å². The summed E-state index contributed by atoms with van der Waals surface area (Å²) in [7, 11) is 1.61. The molecule has 7 nitrogen and oxygen atoms in total. The third-order valence-electron chi connectivity index (χ3n) is 3.67. The molecule has 0 saturated heterocycles. The summed E-state index contributed by atoms with van der Waals surface area (Å²) in [6.45, 7) is -0.0146. The monoisotopic (exact) mass is 340 g/mol. The maximum atomic E-state index is 12.3. The predicted molar refractivity (Wildman–Crippen MR) is 89.3 cm³/mol. The molecule has 0 aliphatic rings. The van der Waals surface area contributed by atoms with Gasteiger partial charge in [-0.05, 0) is 22.1 Å². The maximum Gasteiger partial charge on any atom is 0.432 e. The zero-order valence-corrected chi connectivity index (χ0v) is 13.7. The van der Waals surface area contributed by atoms with Gasteiger partial charge in [-0.2, -0.15) is 0 Å². The second-order valence-corrected chi connectivity index (χ2v) is 5.45. The molecule has 3 rings (SSSR count). The van der Waals surface area contributed by atoms with E-state index in [4.69, 9.17) is 9.26 Å². The van der Waals surface area contributed by atoms with Crippen LogP contribution >= 0.6 is 0 Å². The molecule has 0 radical (unpaired) electrons. The van der Waals surface area contributed by atoms with Gasteiger partial charge in [-0.25, -0.2) is 4.79 Å². The van der Waals surface area contributed by atoms with Crippen LogP contribution in [0.5, 0.6) is 5.75 Å². The van der Waals surface area contributed by atoms with Crippen molar-refractivity contribution in [1.82, 2.24) is 10.2 Å². The highest BCUT2D eigenvalue weighted by molar-refractivity contribution is 5.77. The van der Waals surface area contributed by atoms with E-state index >= 15 is 0 Å². The summed E-state index contributed by atoms with van der Waals surface area (Å²) in [6.07, 6.45) is 0. The Morgan fingerprint density at radius 3 is 2.44 bits per heavy atom. The Hall–Kier alpha value is -3.35. The second kappa shape index (κ2) is 7.48. The minimum atomic E-state index is -0.521. The molecule has 2 aromatic carbocycles. The molecule has 0 aliphatic heterocycles. The molecular formula is C18H18N3O4+. The topological polar surface area (TPSA) is 79.4 Å². The smallest absolute Gasteiger partial charge is 0.432 e. The first-order valence-electron chi connectivity index (χ1n) is 7.75. The molecule has 1 N–H and O–H groups in total. The summed E-state index contributed by atoms with van der Waals surface area (Å²) in [6, 6.07) is 18.3. The van der Waals surface area contributed by atoms with Crippen LogP contribution in [0.1, 0.15) is 5.69 Å². The molecule has 1 amide bonds. The summed E-state index contributed by atoms with van der Waals surface area (Å²) >= 11 is 0. The SMILES string of the molecule is CN(Cc1c(=O)o[nH][n+]1-c1ccccc1)C(=O)COc1ccccc1. The van der Waals surface area contributed by atoms with Crippen molar-refractivity contribution in [2.45, 2.75) is 6.54 Å². The van der Waals surface area contributed by atoms with Crippen molar-refractivity contribution in [3.8, 4) is 11.4 Å². The van der Waals surface area contributed by atoms with Crippen molar-refractivity contribution < 1.29 is 18.7 Å². The molecule has 25 heavy (non-hydrogen) atoms. The number of ether oxygens (including phenoxy) is 1. The first-order valence-corrected chi connectivity index (χ1v) is 7.75. The number of carbonyl (C=O) groups excluding carboxylic acids is 1. The highest BCUT2D eigenvalue weighted by Crippen LogP contribution is 2.08. The minimum absolute atomic E-state index is 0.0950. The van der Waals surface area contributed by atoms with Gasteiger partial charge in [-0.1, -0.05) is 36.4 Å². The molecule has 0 fully saturated rings. The average molecular weight is 340 g/mol. The first-order chi connectivity index (χ1) is 12.1. The van der Waals surface area contributed by atoms with Gasteiger partial charge < -0.3 is 9.64 Å². The summed E-state index contributed by atoms with van der Waals surface area (Å²) in [5, 5.41) is 2.55.